The normalized spacial score (nSPS) is 14.3. The summed E-state index contributed by atoms with van der Waals surface area (Å²) in [6, 6.07) is 0. The summed E-state index contributed by atoms with van der Waals surface area (Å²) in [6.45, 7) is -0.567. The minimum Gasteiger partial charge on any atom is -0.434 e. The highest BCUT2D eigenvalue weighted by Crippen LogP contribution is 2.35. The predicted octanol–water partition coefficient (Wildman–Crippen LogP) is 3.09. The van der Waals surface area contributed by atoms with Gasteiger partial charge in [-0.15, -0.1) is 0 Å². The molecule has 0 heterocycles. The second-order valence-corrected chi connectivity index (χ2v) is 3.05. The summed E-state index contributed by atoms with van der Waals surface area (Å²) in [4.78, 5) is 10.5. The molecule has 0 unspecified atom stereocenters. The van der Waals surface area contributed by atoms with E-state index < -0.39 is 31.0 Å². The molecule has 102 valence electrons. The van der Waals surface area contributed by atoms with Crippen LogP contribution < -0.4 is 0 Å². The number of hydrogen-bond acceptors (Lipinski definition) is 3. The van der Waals surface area contributed by atoms with Crippen molar-refractivity contribution in [1.29, 1.82) is 0 Å². The van der Waals surface area contributed by atoms with E-state index in [4.69, 9.17) is 0 Å². The Morgan fingerprint density at radius 2 is 1.71 bits per heavy atom. The van der Waals surface area contributed by atoms with Gasteiger partial charge in [0.1, 0.15) is 0 Å². The molecule has 0 radical (unpaired) electrons. The molecule has 0 aromatic carbocycles. The fourth-order valence-corrected chi connectivity index (χ4v) is 0.695. The van der Waals surface area contributed by atoms with E-state index in [0.717, 1.165) is 0 Å². The Hall–Kier alpha value is -1.15. The molecule has 0 spiro atoms. The minimum absolute atomic E-state index is 0.136. The lowest BCUT2D eigenvalue weighted by atomic mass is 10.2. The van der Waals surface area contributed by atoms with Crippen LogP contribution in [0.3, 0.4) is 0 Å². The molecule has 1 atom stereocenters. The van der Waals surface area contributed by atoms with Crippen molar-refractivity contribution >= 4 is 6.16 Å². The van der Waals surface area contributed by atoms with Crippen LogP contribution in [-0.4, -0.2) is 37.6 Å². The first-order valence-corrected chi connectivity index (χ1v) is 4.49. The molecule has 0 saturated heterocycles. The number of hydrogen-bond donors (Lipinski definition) is 0. The van der Waals surface area contributed by atoms with Crippen LogP contribution in [0.5, 0.6) is 0 Å². The molecule has 3 nitrogen and oxygen atoms in total. The molecule has 0 aromatic heterocycles. The Morgan fingerprint density at radius 1 is 1.18 bits per heavy atom. The number of carbonyl (C=O) groups excluding carboxylic acids is 1. The summed E-state index contributed by atoms with van der Waals surface area (Å²) < 4.78 is 80.2. The zero-order valence-corrected chi connectivity index (χ0v) is 8.69. The van der Waals surface area contributed by atoms with Crippen LogP contribution in [-0.2, 0) is 9.47 Å². The van der Waals surface area contributed by atoms with Crippen molar-refractivity contribution < 1.29 is 40.6 Å². The van der Waals surface area contributed by atoms with Gasteiger partial charge >= 0.3 is 18.3 Å². The van der Waals surface area contributed by atoms with E-state index in [2.05, 4.69) is 9.47 Å². The summed E-state index contributed by atoms with van der Waals surface area (Å²) in [5, 5.41) is 0. The third-order valence-electron chi connectivity index (χ3n) is 1.46. The van der Waals surface area contributed by atoms with E-state index in [1.165, 1.54) is 0 Å². The lowest BCUT2D eigenvalue weighted by Crippen LogP contribution is -2.45. The van der Waals surface area contributed by atoms with Crippen molar-refractivity contribution in [3.05, 3.63) is 0 Å². The molecular formula is C8H10F6O3. The maximum absolute atomic E-state index is 12.6. The summed E-state index contributed by atoms with van der Waals surface area (Å²) in [5.74, 6) is -4.84. The van der Waals surface area contributed by atoms with Crippen molar-refractivity contribution in [1.82, 2.24) is 0 Å². The molecule has 9 heteroatoms. The van der Waals surface area contributed by atoms with E-state index in [9.17, 15) is 31.1 Å². The number of halogens is 6. The summed E-state index contributed by atoms with van der Waals surface area (Å²) >= 11 is 0. The second-order valence-electron chi connectivity index (χ2n) is 3.05. The molecule has 0 aliphatic carbocycles. The van der Waals surface area contributed by atoms with Crippen molar-refractivity contribution in [2.45, 2.75) is 31.6 Å². The van der Waals surface area contributed by atoms with Crippen LogP contribution in [0, 0.1) is 0 Å². The maximum Gasteiger partial charge on any atom is 0.508 e. The molecule has 0 N–H and O–H groups in total. The molecule has 0 fully saturated rings. The average molecular weight is 268 g/mol. The van der Waals surface area contributed by atoms with E-state index in [0.29, 0.717) is 6.42 Å². The van der Waals surface area contributed by atoms with Crippen LogP contribution in [0.25, 0.3) is 0 Å². The average Bonchev–Trinajstić information content (AvgIpc) is 2.21. The highest BCUT2D eigenvalue weighted by Gasteiger charge is 2.57. The van der Waals surface area contributed by atoms with Crippen LogP contribution >= 0.6 is 0 Å². The Labute approximate surface area is 92.7 Å². The van der Waals surface area contributed by atoms with E-state index in [1.807, 2.05) is 0 Å². The molecular weight excluding hydrogens is 258 g/mol. The third kappa shape index (κ3) is 5.64. The number of rotatable bonds is 5. The monoisotopic (exact) mass is 268 g/mol. The van der Waals surface area contributed by atoms with Gasteiger partial charge in [-0.2, -0.15) is 22.0 Å². The van der Waals surface area contributed by atoms with Gasteiger partial charge in [-0.25, -0.2) is 9.18 Å². The van der Waals surface area contributed by atoms with Gasteiger partial charge < -0.3 is 9.47 Å². The smallest absolute Gasteiger partial charge is 0.434 e. The summed E-state index contributed by atoms with van der Waals surface area (Å²) in [6.07, 6.45) is -11.3. The van der Waals surface area contributed by atoms with E-state index in [1.54, 1.807) is 6.92 Å². The van der Waals surface area contributed by atoms with Gasteiger partial charge in [0.05, 0.1) is 6.61 Å². The van der Waals surface area contributed by atoms with Gasteiger partial charge in [-0.05, 0) is 6.42 Å². The maximum atomic E-state index is 12.6. The highest BCUT2D eigenvalue weighted by atomic mass is 19.4. The molecule has 0 bridgehead atoms. The molecule has 0 amide bonds. The van der Waals surface area contributed by atoms with Crippen LogP contribution in [0.4, 0.5) is 31.1 Å². The van der Waals surface area contributed by atoms with Gasteiger partial charge in [-0.3, -0.25) is 0 Å². The Bertz CT molecular complexity index is 252. The number of alkyl halides is 6. The largest absolute Gasteiger partial charge is 0.508 e. The number of ether oxygens (including phenoxy) is 2. The Morgan fingerprint density at radius 3 is 2.12 bits per heavy atom. The van der Waals surface area contributed by atoms with Gasteiger partial charge in [0.15, 0.2) is 6.61 Å². The number of carbonyl (C=O) groups is 1. The second kappa shape index (κ2) is 5.97. The van der Waals surface area contributed by atoms with Crippen molar-refractivity contribution in [2.24, 2.45) is 0 Å². The summed E-state index contributed by atoms with van der Waals surface area (Å²) in [5.41, 5.74) is 0. The molecule has 17 heavy (non-hydrogen) atoms. The Balaban J connectivity index is 4.22. The quantitative estimate of drug-likeness (QED) is 0.567. The first-order chi connectivity index (χ1) is 7.61. The summed E-state index contributed by atoms with van der Waals surface area (Å²) in [7, 11) is 0. The van der Waals surface area contributed by atoms with Crippen LogP contribution in [0.1, 0.15) is 13.3 Å². The molecule has 0 rings (SSSR count). The Kier molecular flexibility index (Phi) is 5.56. The minimum atomic E-state index is -5.72. The van der Waals surface area contributed by atoms with Gasteiger partial charge in [0, 0.05) is 0 Å². The topological polar surface area (TPSA) is 35.5 Å². The van der Waals surface area contributed by atoms with Crippen molar-refractivity contribution in [2.75, 3.05) is 13.2 Å². The first-order valence-electron chi connectivity index (χ1n) is 4.49. The van der Waals surface area contributed by atoms with Gasteiger partial charge in [0.2, 0.25) is 0 Å². The predicted molar refractivity (Wildman–Crippen MR) is 43.5 cm³/mol. The first kappa shape index (κ1) is 15.9. The highest BCUT2D eigenvalue weighted by molar-refractivity contribution is 5.59. The molecule has 0 aromatic rings. The molecule has 0 saturated carbocycles. The zero-order valence-electron chi connectivity index (χ0n) is 8.69. The SMILES string of the molecule is CCCOC(=O)OCC(F)(F)[C@@H](F)C(F)(F)F. The van der Waals surface area contributed by atoms with Gasteiger partial charge in [-0.1, -0.05) is 6.92 Å². The van der Waals surface area contributed by atoms with Crippen molar-refractivity contribution in [3.8, 4) is 0 Å². The van der Waals surface area contributed by atoms with E-state index >= 15 is 0 Å². The standard InChI is InChI=1S/C8H10F6O3/c1-2-3-16-6(15)17-4-7(10,11)5(9)8(12,13)14/h5H,2-4H2,1H3/t5-/m1/s1. The lowest BCUT2D eigenvalue weighted by molar-refractivity contribution is -0.252. The van der Waals surface area contributed by atoms with Crippen LogP contribution in [0.15, 0.2) is 0 Å². The molecule has 0 aliphatic rings. The van der Waals surface area contributed by atoms with Gasteiger partial charge in [0.25, 0.3) is 6.17 Å². The fraction of sp³-hybridized carbons (Fsp3) is 0.875. The van der Waals surface area contributed by atoms with E-state index in [-0.39, 0.29) is 6.61 Å². The molecule has 0 aliphatic heterocycles. The third-order valence-corrected chi connectivity index (χ3v) is 1.46. The zero-order chi connectivity index (χ0) is 13.7. The fourth-order valence-electron chi connectivity index (χ4n) is 0.695. The van der Waals surface area contributed by atoms with Crippen LogP contribution in [0.2, 0.25) is 0 Å². The lowest BCUT2D eigenvalue weighted by Gasteiger charge is -2.21. The van der Waals surface area contributed by atoms with Crippen molar-refractivity contribution in [3.63, 3.8) is 0 Å².